The molecule has 1 rings (SSSR count). The Morgan fingerprint density at radius 1 is 1.35 bits per heavy atom. The molecule has 0 aliphatic heterocycles. The summed E-state index contributed by atoms with van der Waals surface area (Å²) in [5.74, 6) is 1.32. The zero-order chi connectivity index (χ0) is 12.8. The van der Waals surface area contributed by atoms with Gasteiger partial charge in [-0.05, 0) is 25.5 Å². The monoisotopic (exact) mass is 255 g/mol. The van der Waals surface area contributed by atoms with Crippen LogP contribution in [0.5, 0.6) is 11.5 Å². The second-order valence-corrected chi connectivity index (χ2v) is 4.24. The van der Waals surface area contributed by atoms with Gasteiger partial charge in [0, 0.05) is 12.6 Å². The number of benzene rings is 1. The van der Waals surface area contributed by atoms with Crippen molar-refractivity contribution < 1.29 is 9.47 Å². The predicted molar refractivity (Wildman–Crippen MR) is 71.9 cm³/mol. The molecule has 3 nitrogen and oxygen atoms in total. The lowest BCUT2D eigenvalue weighted by molar-refractivity contribution is 0.230. The first-order valence-electron chi connectivity index (χ1n) is 5.49. The average Bonchev–Trinajstić information content (AvgIpc) is 2.27. The van der Waals surface area contributed by atoms with Gasteiger partial charge in [-0.2, -0.15) is 0 Å². The Labute approximate surface area is 107 Å². The number of ether oxygens (including phenoxy) is 2. The van der Waals surface area contributed by atoms with Crippen LogP contribution in [0, 0.1) is 0 Å². The fourth-order valence-corrected chi connectivity index (χ4v) is 1.60. The molecule has 94 valence electrons. The third kappa shape index (κ3) is 3.95. The molecule has 17 heavy (non-hydrogen) atoms. The number of halogens is 1. The molecule has 0 saturated heterocycles. The van der Waals surface area contributed by atoms with Gasteiger partial charge in [0.15, 0.2) is 11.5 Å². The van der Waals surface area contributed by atoms with Crippen LogP contribution in [0.3, 0.4) is 0 Å². The van der Waals surface area contributed by atoms with E-state index >= 15 is 0 Å². The van der Waals surface area contributed by atoms with Crippen molar-refractivity contribution in [1.82, 2.24) is 0 Å². The Hall–Kier alpha value is -1.19. The summed E-state index contributed by atoms with van der Waals surface area (Å²) >= 11 is 6.15. The lowest BCUT2D eigenvalue weighted by atomic mass is 10.2. The van der Waals surface area contributed by atoms with Crippen LogP contribution in [-0.2, 0) is 0 Å². The van der Waals surface area contributed by atoms with Crippen LogP contribution >= 0.6 is 11.6 Å². The summed E-state index contributed by atoms with van der Waals surface area (Å²) in [6.07, 6.45) is 3.78. The molecule has 0 amide bonds. The second kappa shape index (κ2) is 6.52. The van der Waals surface area contributed by atoms with Crippen molar-refractivity contribution in [3.63, 3.8) is 0 Å². The Balaban J connectivity index is 3.10. The number of hydrogen-bond donors (Lipinski definition) is 1. The molecule has 1 aromatic rings. The van der Waals surface area contributed by atoms with Crippen LogP contribution in [0.2, 0.25) is 5.02 Å². The molecule has 0 spiro atoms. The van der Waals surface area contributed by atoms with Gasteiger partial charge in [0.1, 0.15) is 0 Å². The van der Waals surface area contributed by atoms with E-state index in [2.05, 4.69) is 0 Å². The van der Waals surface area contributed by atoms with Crippen LogP contribution in [-0.4, -0.2) is 19.8 Å². The average molecular weight is 256 g/mol. The molecule has 2 N–H and O–H groups in total. The van der Waals surface area contributed by atoms with E-state index in [1.165, 1.54) is 0 Å². The van der Waals surface area contributed by atoms with Gasteiger partial charge in [-0.25, -0.2) is 0 Å². The second-order valence-electron chi connectivity index (χ2n) is 3.83. The first-order valence-corrected chi connectivity index (χ1v) is 5.87. The van der Waals surface area contributed by atoms with E-state index in [-0.39, 0.29) is 6.10 Å². The van der Waals surface area contributed by atoms with E-state index < -0.39 is 0 Å². The smallest absolute Gasteiger partial charge is 0.163 e. The Morgan fingerprint density at radius 3 is 2.59 bits per heavy atom. The van der Waals surface area contributed by atoms with Gasteiger partial charge in [-0.15, -0.1) is 0 Å². The molecule has 0 heterocycles. The highest BCUT2D eigenvalue weighted by atomic mass is 35.5. The Kier molecular flexibility index (Phi) is 5.32. The minimum absolute atomic E-state index is 0.0744. The van der Waals surface area contributed by atoms with E-state index in [4.69, 9.17) is 26.8 Å². The number of rotatable bonds is 5. The molecule has 0 unspecified atom stereocenters. The first-order chi connectivity index (χ1) is 8.08. The molecule has 4 heteroatoms. The van der Waals surface area contributed by atoms with E-state index in [0.717, 1.165) is 5.56 Å². The molecule has 1 aromatic carbocycles. The standard InChI is InChI=1S/C13H18ClNO2/c1-9(2)17-13-8-11(14)10(5-4-6-15)7-12(13)16-3/h4-5,7-9H,6,15H2,1-3H3/b5-4+. The summed E-state index contributed by atoms with van der Waals surface area (Å²) in [6.45, 7) is 4.38. The minimum atomic E-state index is 0.0744. The van der Waals surface area contributed by atoms with E-state index in [9.17, 15) is 0 Å². The summed E-state index contributed by atoms with van der Waals surface area (Å²) in [4.78, 5) is 0. The fourth-order valence-electron chi connectivity index (χ4n) is 1.38. The van der Waals surface area contributed by atoms with Crippen LogP contribution in [0.15, 0.2) is 18.2 Å². The molecule has 0 aliphatic rings. The van der Waals surface area contributed by atoms with Crippen molar-refractivity contribution in [2.75, 3.05) is 13.7 Å². The highest BCUT2D eigenvalue weighted by molar-refractivity contribution is 6.32. The SMILES string of the molecule is COc1cc(/C=C/CN)c(Cl)cc1OC(C)C. The molecule has 0 aliphatic carbocycles. The van der Waals surface area contributed by atoms with Crippen molar-refractivity contribution in [1.29, 1.82) is 0 Å². The molecule has 0 aromatic heterocycles. The van der Waals surface area contributed by atoms with Crippen molar-refractivity contribution in [3.05, 3.63) is 28.8 Å². The maximum absolute atomic E-state index is 6.15. The summed E-state index contributed by atoms with van der Waals surface area (Å²) in [7, 11) is 1.60. The van der Waals surface area contributed by atoms with Crippen molar-refractivity contribution in [3.8, 4) is 11.5 Å². The van der Waals surface area contributed by atoms with Crippen LogP contribution in [0.25, 0.3) is 6.08 Å². The van der Waals surface area contributed by atoms with Gasteiger partial charge in [-0.1, -0.05) is 23.8 Å². The fraction of sp³-hybridized carbons (Fsp3) is 0.385. The number of methoxy groups -OCH3 is 1. The Bertz CT molecular complexity index is 403. The summed E-state index contributed by atoms with van der Waals surface area (Å²) in [5, 5.41) is 0.617. The number of nitrogens with two attached hydrogens (primary N) is 1. The normalized spacial score (nSPS) is 11.2. The largest absolute Gasteiger partial charge is 0.493 e. The lowest BCUT2D eigenvalue weighted by Gasteiger charge is -2.14. The van der Waals surface area contributed by atoms with Gasteiger partial charge in [0.25, 0.3) is 0 Å². The van der Waals surface area contributed by atoms with E-state index in [0.29, 0.717) is 23.1 Å². The van der Waals surface area contributed by atoms with Crippen LogP contribution < -0.4 is 15.2 Å². The minimum Gasteiger partial charge on any atom is -0.493 e. The third-order valence-electron chi connectivity index (χ3n) is 2.08. The first kappa shape index (κ1) is 13.9. The van der Waals surface area contributed by atoms with Gasteiger partial charge in [-0.3, -0.25) is 0 Å². The molecule has 0 atom stereocenters. The maximum Gasteiger partial charge on any atom is 0.163 e. The maximum atomic E-state index is 6.15. The molecular formula is C13H18ClNO2. The lowest BCUT2D eigenvalue weighted by Crippen LogP contribution is -2.06. The third-order valence-corrected chi connectivity index (χ3v) is 2.41. The predicted octanol–water partition coefficient (Wildman–Crippen LogP) is 3.11. The molecular weight excluding hydrogens is 238 g/mol. The summed E-state index contributed by atoms with van der Waals surface area (Å²) in [5.41, 5.74) is 6.27. The molecule has 0 saturated carbocycles. The quantitative estimate of drug-likeness (QED) is 0.879. The van der Waals surface area contributed by atoms with E-state index in [1.807, 2.05) is 32.1 Å². The Morgan fingerprint density at radius 2 is 2.06 bits per heavy atom. The summed E-state index contributed by atoms with van der Waals surface area (Å²) < 4.78 is 10.9. The molecule has 0 radical (unpaired) electrons. The van der Waals surface area contributed by atoms with Gasteiger partial charge in [0.2, 0.25) is 0 Å². The molecule has 0 fully saturated rings. The van der Waals surface area contributed by atoms with Gasteiger partial charge in [0.05, 0.1) is 18.2 Å². The topological polar surface area (TPSA) is 44.5 Å². The zero-order valence-electron chi connectivity index (χ0n) is 10.4. The number of hydrogen-bond acceptors (Lipinski definition) is 3. The van der Waals surface area contributed by atoms with Gasteiger partial charge < -0.3 is 15.2 Å². The van der Waals surface area contributed by atoms with Crippen molar-refractivity contribution in [2.24, 2.45) is 5.73 Å². The van der Waals surface area contributed by atoms with Crippen LogP contribution in [0.4, 0.5) is 0 Å². The van der Waals surface area contributed by atoms with E-state index in [1.54, 1.807) is 13.2 Å². The highest BCUT2D eigenvalue weighted by Crippen LogP contribution is 2.34. The highest BCUT2D eigenvalue weighted by Gasteiger charge is 2.10. The van der Waals surface area contributed by atoms with Gasteiger partial charge >= 0.3 is 0 Å². The van der Waals surface area contributed by atoms with Crippen LogP contribution in [0.1, 0.15) is 19.4 Å². The molecule has 0 bridgehead atoms. The van der Waals surface area contributed by atoms with Crippen molar-refractivity contribution >= 4 is 17.7 Å². The zero-order valence-corrected chi connectivity index (χ0v) is 11.1. The van der Waals surface area contributed by atoms with Crippen molar-refractivity contribution in [2.45, 2.75) is 20.0 Å². The summed E-state index contributed by atoms with van der Waals surface area (Å²) in [6, 6.07) is 3.60.